The Bertz CT molecular complexity index is 609. The van der Waals surface area contributed by atoms with E-state index in [4.69, 9.17) is 9.57 Å². The Morgan fingerprint density at radius 3 is 2.64 bits per heavy atom. The highest BCUT2D eigenvalue weighted by Crippen LogP contribution is 2.45. The molecule has 0 unspecified atom stereocenters. The van der Waals surface area contributed by atoms with E-state index in [0.29, 0.717) is 17.7 Å². The fraction of sp³-hybridized carbons (Fsp3) is 0.682. The van der Waals surface area contributed by atoms with Crippen molar-refractivity contribution in [2.24, 2.45) is 0 Å². The second kappa shape index (κ2) is 10.9. The first-order chi connectivity index (χ1) is 13.7. The first-order valence-corrected chi connectivity index (χ1v) is 12.7. The van der Waals surface area contributed by atoms with Crippen molar-refractivity contribution >= 4 is 29.5 Å². The van der Waals surface area contributed by atoms with Crippen LogP contribution in [0.3, 0.4) is 0 Å². The Labute approximate surface area is 178 Å². The molecule has 0 amide bonds. The van der Waals surface area contributed by atoms with Crippen LogP contribution in [0.15, 0.2) is 30.3 Å². The summed E-state index contributed by atoms with van der Waals surface area (Å²) < 4.78 is 6.03. The lowest BCUT2D eigenvalue weighted by molar-refractivity contribution is -0.210. The Morgan fingerprint density at radius 2 is 1.96 bits per heavy atom. The summed E-state index contributed by atoms with van der Waals surface area (Å²) in [6, 6.07) is 10.3. The van der Waals surface area contributed by atoms with Crippen LogP contribution in [-0.2, 0) is 20.9 Å². The molecule has 1 aromatic rings. The van der Waals surface area contributed by atoms with Crippen molar-refractivity contribution in [3.63, 3.8) is 0 Å². The predicted octanol–water partition coefficient (Wildman–Crippen LogP) is 5.27. The number of nitrogens with zero attached hydrogens (tertiary/aromatic N) is 1. The van der Waals surface area contributed by atoms with Crippen molar-refractivity contribution in [1.82, 2.24) is 5.06 Å². The molecule has 6 heteroatoms. The van der Waals surface area contributed by atoms with Gasteiger partial charge in [0, 0.05) is 17.9 Å². The van der Waals surface area contributed by atoms with Crippen LogP contribution < -0.4 is 0 Å². The minimum absolute atomic E-state index is 0.0936. The van der Waals surface area contributed by atoms with Crippen LogP contribution in [0.4, 0.5) is 0 Å². The van der Waals surface area contributed by atoms with E-state index in [1.54, 1.807) is 0 Å². The number of rotatable bonds is 10. The van der Waals surface area contributed by atoms with Crippen molar-refractivity contribution < 1.29 is 14.4 Å². The monoisotopic (exact) mass is 423 g/mol. The molecule has 0 bridgehead atoms. The average molecular weight is 424 g/mol. The fourth-order valence-corrected chi connectivity index (χ4v) is 7.08. The molecule has 0 spiro atoms. The van der Waals surface area contributed by atoms with Gasteiger partial charge in [-0.2, -0.15) is 5.06 Å². The number of hydrogen-bond donors (Lipinski definition) is 0. The van der Waals surface area contributed by atoms with Crippen molar-refractivity contribution in [2.75, 3.05) is 18.1 Å². The van der Waals surface area contributed by atoms with Crippen LogP contribution >= 0.6 is 23.5 Å². The van der Waals surface area contributed by atoms with Gasteiger partial charge in [-0.3, -0.25) is 4.84 Å². The molecule has 1 aromatic carbocycles. The maximum absolute atomic E-state index is 13.3. The van der Waals surface area contributed by atoms with Gasteiger partial charge in [0.15, 0.2) is 0 Å². The van der Waals surface area contributed by atoms with Gasteiger partial charge in [0.05, 0.1) is 23.8 Å². The number of thioether (sulfide) groups is 2. The Morgan fingerprint density at radius 1 is 1.21 bits per heavy atom. The van der Waals surface area contributed by atoms with Gasteiger partial charge < -0.3 is 4.74 Å². The summed E-state index contributed by atoms with van der Waals surface area (Å²) in [5, 5.41) is 1.97. The Hall–Kier alpha value is -0.690. The third-order valence-corrected chi connectivity index (χ3v) is 8.50. The van der Waals surface area contributed by atoms with E-state index in [1.807, 2.05) is 53.7 Å². The minimum atomic E-state index is -0.683. The molecule has 28 heavy (non-hydrogen) atoms. The van der Waals surface area contributed by atoms with E-state index >= 15 is 0 Å². The summed E-state index contributed by atoms with van der Waals surface area (Å²) in [7, 11) is 0. The lowest BCUT2D eigenvalue weighted by Gasteiger charge is -2.35. The van der Waals surface area contributed by atoms with Gasteiger partial charge in [0.25, 0.3) is 0 Å². The summed E-state index contributed by atoms with van der Waals surface area (Å²) >= 11 is 3.93. The topological polar surface area (TPSA) is 38.8 Å². The maximum atomic E-state index is 13.3. The van der Waals surface area contributed by atoms with Gasteiger partial charge >= 0.3 is 5.97 Å². The molecule has 0 aromatic heterocycles. The molecule has 0 saturated carbocycles. The second-order valence-electron chi connectivity index (χ2n) is 7.58. The molecule has 0 N–H and O–H groups in total. The van der Waals surface area contributed by atoms with Crippen molar-refractivity contribution in [3.05, 3.63) is 35.9 Å². The zero-order chi connectivity index (χ0) is 19.8. The fourth-order valence-electron chi connectivity index (χ4n) is 4.03. The van der Waals surface area contributed by atoms with E-state index in [2.05, 4.69) is 19.1 Å². The lowest BCUT2D eigenvalue weighted by atomic mass is 9.88. The number of carbonyl (C=O) groups excluding carboxylic acids is 1. The number of unbranched alkanes of at least 4 members (excludes halogenated alkanes) is 2. The van der Waals surface area contributed by atoms with Crippen LogP contribution in [0.5, 0.6) is 0 Å². The Kier molecular flexibility index (Phi) is 8.57. The molecule has 4 nitrogen and oxygen atoms in total. The number of hydrogen-bond acceptors (Lipinski definition) is 6. The number of carbonyl (C=O) groups is 1. The predicted molar refractivity (Wildman–Crippen MR) is 118 cm³/mol. The smallest absolute Gasteiger partial charge is 0.329 e. The molecule has 0 aliphatic carbocycles. The van der Waals surface area contributed by atoms with Crippen molar-refractivity contribution in [2.45, 2.75) is 75.1 Å². The molecule has 3 rings (SSSR count). The van der Waals surface area contributed by atoms with E-state index < -0.39 is 5.54 Å². The summed E-state index contributed by atoms with van der Waals surface area (Å²) in [6.07, 6.45) is 6.17. The number of ether oxygens (including phenoxy) is 1. The summed E-state index contributed by atoms with van der Waals surface area (Å²) in [6.45, 7) is 5.13. The normalized spacial score (nSPS) is 26.0. The summed E-state index contributed by atoms with van der Waals surface area (Å²) in [5.41, 5.74) is 0.481. The first kappa shape index (κ1) is 22.0. The first-order valence-electron chi connectivity index (χ1n) is 10.6. The second-order valence-corrected chi connectivity index (χ2v) is 10.5. The van der Waals surface area contributed by atoms with E-state index in [1.165, 1.54) is 12.8 Å². The molecule has 0 radical (unpaired) electrons. The van der Waals surface area contributed by atoms with Crippen LogP contribution in [0.2, 0.25) is 0 Å². The molecule has 2 aliphatic rings. The molecule has 2 fully saturated rings. The zero-order valence-corrected chi connectivity index (χ0v) is 18.7. The lowest BCUT2D eigenvalue weighted by Crippen LogP contribution is -2.51. The van der Waals surface area contributed by atoms with Crippen LogP contribution in [0, 0.1) is 0 Å². The third kappa shape index (κ3) is 5.47. The van der Waals surface area contributed by atoms with Crippen molar-refractivity contribution in [1.29, 1.82) is 0 Å². The number of esters is 1. The molecular formula is C22H33NO3S2. The SMILES string of the molecule is CCCCC[C@@H]1C[C@](CC2SCCS2)(C(=O)OCC)N(Cc2ccccc2)O1. The quantitative estimate of drug-likeness (QED) is 0.377. The largest absolute Gasteiger partial charge is 0.465 e. The zero-order valence-electron chi connectivity index (χ0n) is 17.1. The van der Waals surface area contributed by atoms with Gasteiger partial charge in [-0.05, 0) is 25.3 Å². The number of benzene rings is 1. The molecule has 2 heterocycles. The van der Waals surface area contributed by atoms with Crippen LogP contribution in [0.25, 0.3) is 0 Å². The van der Waals surface area contributed by atoms with Gasteiger partial charge in [-0.25, -0.2) is 4.79 Å². The molecule has 2 saturated heterocycles. The summed E-state index contributed by atoms with van der Waals surface area (Å²) in [5.74, 6) is 2.21. The molecule has 2 atom stereocenters. The highest BCUT2D eigenvalue weighted by Gasteiger charge is 2.55. The highest BCUT2D eigenvalue weighted by molar-refractivity contribution is 8.20. The Balaban J connectivity index is 1.83. The molecule has 2 aliphatic heterocycles. The van der Waals surface area contributed by atoms with Crippen LogP contribution in [-0.4, -0.2) is 45.4 Å². The van der Waals surface area contributed by atoms with E-state index in [-0.39, 0.29) is 12.1 Å². The van der Waals surface area contributed by atoms with Gasteiger partial charge in [-0.15, -0.1) is 23.5 Å². The maximum Gasteiger partial charge on any atom is 0.329 e. The average Bonchev–Trinajstić information content (AvgIpc) is 3.32. The van der Waals surface area contributed by atoms with Gasteiger partial charge in [0.1, 0.15) is 5.54 Å². The highest BCUT2D eigenvalue weighted by atomic mass is 32.2. The standard InChI is InChI=1S/C22H33NO3S2/c1-3-5-7-12-19-15-22(21(24)25-4-2,16-20-27-13-14-28-20)23(26-19)17-18-10-8-6-9-11-18/h6,8-11,19-20H,3-5,7,12-17H2,1-2H3/t19-,22+/m1/s1. The number of hydroxylamine groups is 2. The minimum Gasteiger partial charge on any atom is -0.465 e. The van der Waals surface area contributed by atoms with Gasteiger partial charge in [0.2, 0.25) is 0 Å². The van der Waals surface area contributed by atoms with Gasteiger partial charge in [-0.1, -0.05) is 56.5 Å². The third-order valence-electron chi connectivity index (χ3n) is 5.47. The van der Waals surface area contributed by atoms with E-state index in [9.17, 15) is 4.79 Å². The summed E-state index contributed by atoms with van der Waals surface area (Å²) in [4.78, 5) is 19.7. The molecule has 156 valence electrons. The van der Waals surface area contributed by atoms with E-state index in [0.717, 1.165) is 42.8 Å². The van der Waals surface area contributed by atoms with Crippen LogP contribution in [0.1, 0.15) is 57.9 Å². The van der Waals surface area contributed by atoms with Crippen molar-refractivity contribution in [3.8, 4) is 0 Å². The molecular weight excluding hydrogens is 390 g/mol.